The highest BCUT2D eigenvalue weighted by Crippen LogP contribution is 2.39. The van der Waals surface area contributed by atoms with Crippen LogP contribution in [0.5, 0.6) is 0 Å². The van der Waals surface area contributed by atoms with Gasteiger partial charge < -0.3 is 19.9 Å². The molecule has 6 rings (SSSR count). The number of nitrogens with one attached hydrogen (secondary N) is 1. The average molecular weight is 718 g/mol. The first kappa shape index (κ1) is 35.4. The fourth-order valence-electron chi connectivity index (χ4n) is 6.24. The Bertz CT molecular complexity index is 1900. The molecule has 1 aliphatic rings. The van der Waals surface area contributed by atoms with E-state index in [0.29, 0.717) is 13.0 Å². The summed E-state index contributed by atoms with van der Waals surface area (Å²) < 4.78 is 11.4. The molecule has 254 valence electrons. The largest absolute Gasteiger partial charge is 0.392 e. The molecular weight excluding hydrogens is 679 g/mol. The number of aliphatic hydroxyl groups excluding tert-OH is 1. The SMILES string of the molecule is C[C@H](c1ccc2ccccc2c1)N(C)C[C@@H]1C[C@H](c2ccc(CO)cc2)O[C@H](c2cccc(-c3cccc(CNC(=O)C(Cl)(Cl)Cl)c3)c2)O1. The molecule has 5 aromatic rings. The van der Waals surface area contributed by atoms with Gasteiger partial charge in [-0.25, -0.2) is 0 Å². The lowest BCUT2D eigenvalue weighted by atomic mass is 9.97. The fourth-order valence-corrected chi connectivity index (χ4v) is 6.44. The number of halogens is 3. The van der Waals surface area contributed by atoms with Gasteiger partial charge in [0.05, 0.1) is 18.8 Å². The number of nitrogens with zero attached hydrogens (tertiary/aromatic N) is 1. The zero-order valence-corrected chi connectivity index (χ0v) is 29.6. The molecule has 49 heavy (non-hydrogen) atoms. The van der Waals surface area contributed by atoms with Crippen molar-refractivity contribution in [2.24, 2.45) is 0 Å². The standard InChI is InChI=1S/C40H39Cl3N2O4/c1-26(31-18-17-29-8-3-4-9-33(29)20-31)45(2)24-36-22-37(30-15-13-27(25-46)14-16-30)49-38(48-36)35-12-6-11-34(21-35)32-10-5-7-28(19-32)23-44-39(47)40(41,42)43/h3-21,26,36-38,46H,22-25H2,1-2H3,(H,44,47)/t26-,36+,37-,38-/m1/s1. The summed E-state index contributed by atoms with van der Waals surface area (Å²) in [5.74, 6) is -0.677. The van der Waals surface area contributed by atoms with Gasteiger partial charge in [0.15, 0.2) is 6.29 Å². The predicted octanol–water partition coefficient (Wildman–Crippen LogP) is 9.22. The molecule has 9 heteroatoms. The van der Waals surface area contributed by atoms with Gasteiger partial charge in [-0.05, 0) is 76.3 Å². The van der Waals surface area contributed by atoms with Crippen molar-refractivity contribution in [2.45, 2.75) is 54.8 Å². The minimum atomic E-state index is -2.02. The summed E-state index contributed by atoms with van der Waals surface area (Å²) in [5, 5.41) is 14.7. The summed E-state index contributed by atoms with van der Waals surface area (Å²) in [4.78, 5) is 14.4. The van der Waals surface area contributed by atoms with E-state index in [1.807, 2.05) is 66.7 Å². The smallest absolute Gasteiger partial charge is 0.272 e. The van der Waals surface area contributed by atoms with Crippen molar-refractivity contribution in [1.82, 2.24) is 10.2 Å². The van der Waals surface area contributed by atoms with Gasteiger partial charge in [-0.1, -0.05) is 132 Å². The number of rotatable bonds is 10. The molecular formula is C40H39Cl3N2O4. The zero-order chi connectivity index (χ0) is 34.5. The highest BCUT2D eigenvalue weighted by Gasteiger charge is 2.34. The van der Waals surface area contributed by atoms with Crippen molar-refractivity contribution in [2.75, 3.05) is 13.6 Å². The maximum Gasteiger partial charge on any atom is 0.272 e. The number of carbonyl (C=O) groups excluding carboxylic acids is 1. The number of benzene rings is 5. The maximum atomic E-state index is 12.1. The van der Waals surface area contributed by atoms with Crippen LogP contribution in [0.15, 0.2) is 115 Å². The molecule has 0 unspecified atom stereocenters. The quantitative estimate of drug-likeness (QED) is 0.141. The Morgan fingerprint density at radius 1 is 0.837 bits per heavy atom. The Balaban J connectivity index is 1.23. The van der Waals surface area contributed by atoms with Crippen molar-refractivity contribution < 1.29 is 19.4 Å². The number of hydrogen-bond donors (Lipinski definition) is 2. The van der Waals surface area contributed by atoms with Crippen LogP contribution in [0.1, 0.15) is 59.6 Å². The molecule has 2 N–H and O–H groups in total. The van der Waals surface area contributed by atoms with Gasteiger partial charge in [0.2, 0.25) is 0 Å². The number of aliphatic hydroxyl groups is 1. The van der Waals surface area contributed by atoms with E-state index in [4.69, 9.17) is 44.3 Å². The Hall–Kier alpha value is -3.46. The third-order valence-electron chi connectivity index (χ3n) is 9.15. The van der Waals surface area contributed by atoms with Gasteiger partial charge in [-0.15, -0.1) is 0 Å². The molecule has 1 aliphatic heterocycles. The molecule has 1 heterocycles. The van der Waals surface area contributed by atoms with Gasteiger partial charge >= 0.3 is 0 Å². The molecule has 4 atom stereocenters. The highest BCUT2D eigenvalue weighted by atomic mass is 35.6. The van der Waals surface area contributed by atoms with E-state index in [1.54, 1.807) is 0 Å². The number of hydrogen-bond acceptors (Lipinski definition) is 5. The minimum Gasteiger partial charge on any atom is -0.392 e. The third-order valence-corrected chi connectivity index (χ3v) is 9.67. The molecule has 6 nitrogen and oxygen atoms in total. The van der Waals surface area contributed by atoms with Crippen LogP contribution in [0.2, 0.25) is 0 Å². The number of ether oxygens (including phenoxy) is 2. The average Bonchev–Trinajstić information content (AvgIpc) is 3.13. The van der Waals surface area contributed by atoms with Crippen LogP contribution in [0.4, 0.5) is 0 Å². The fraction of sp³-hybridized carbons (Fsp3) is 0.275. The van der Waals surface area contributed by atoms with Gasteiger partial charge in [-0.2, -0.15) is 0 Å². The Labute approximate surface area is 302 Å². The molecule has 1 amide bonds. The second-order valence-corrected chi connectivity index (χ2v) is 14.9. The van der Waals surface area contributed by atoms with E-state index >= 15 is 0 Å². The van der Waals surface area contributed by atoms with Crippen LogP contribution < -0.4 is 5.32 Å². The summed E-state index contributed by atoms with van der Waals surface area (Å²) in [6.07, 6.45) is -0.222. The molecule has 0 spiro atoms. The second kappa shape index (κ2) is 15.6. The van der Waals surface area contributed by atoms with Gasteiger partial charge in [0, 0.05) is 31.1 Å². The lowest BCUT2D eigenvalue weighted by molar-refractivity contribution is -0.253. The Kier molecular flexibility index (Phi) is 11.3. The zero-order valence-electron chi connectivity index (χ0n) is 27.4. The van der Waals surface area contributed by atoms with Gasteiger partial charge in [-0.3, -0.25) is 9.69 Å². The molecule has 1 saturated heterocycles. The Morgan fingerprint density at radius 2 is 1.55 bits per heavy atom. The van der Waals surface area contributed by atoms with Crippen LogP contribution in [-0.4, -0.2) is 39.4 Å². The van der Waals surface area contributed by atoms with E-state index in [2.05, 4.69) is 72.7 Å². The van der Waals surface area contributed by atoms with E-state index < -0.39 is 16.0 Å². The van der Waals surface area contributed by atoms with E-state index in [1.165, 1.54) is 16.3 Å². The van der Waals surface area contributed by atoms with Gasteiger partial charge in [0.25, 0.3) is 9.70 Å². The number of alkyl halides is 3. The third kappa shape index (κ3) is 8.83. The second-order valence-electron chi connectivity index (χ2n) is 12.6. The van der Waals surface area contributed by atoms with Crippen LogP contribution in [0.3, 0.4) is 0 Å². The molecule has 0 radical (unpaired) electrons. The summed E-state index contributed by atoms with van der Waals surface area (Å²) >= 11 is 17.1. The van der Waals surface area contributed by atoms with Crippen LogP contribution in [0.25, 0.3) is 21.9 Å². The summed E-state index contributed by atoms with van der Waals surface area (Å²) in [5.41, 5.74) is 6.87. The monoisotopic (exact) mass is 716 g/mol. The summed E-state index contributed by atoms with van der Waals surface area (Å²) in [6, 6.07) is 39.2. The Morgan fingerprint density at radius 3 is 2.29 bits per heavy atom. The summed E-state index contributed by atoms with van der Waals surface area (Å²) in [6.45, 7) is 3.15. The molecule has 1 fully saturated rings. The van der Waals surface area contributed by atoms with Crippen molar-refractivity contribution >= 4 is 51.5 Å². The first-order valence-electron chi connectivity index (χ1n) is 16.3. The lowest BCUT2D eigenvalue weighted by Crippen LogP contribution is -2.38. The molecule has 0 aliphatic carbocycles. The summed E-state index contributed by atoms with van der Waals surface area (Å²) in [7, 11) is 2.14. The number of likely N-dealkylation sites (N-methyl/N-ethyl adjacent to an activating group) is 1. The molecule has 0 saturated carbocycles. The maximum absolute atomic E-state index is 12.1. The molecule has 5 aromatic carbocycles. The first-order chi connectivity index (χ1) is 23.6. The topological polar surface area (TPSA) is 71.0 Å². The van der Waals surface area contributed by atoms with Gasteiger partial charge in [0.1, 0.15) is 0 Å². The van der Waals surface area contributed by atoms with Crippen molar-refractivity contribution in [3.05, 3.63) is 143 Å². The highest BCUT2D eigenvalue weighted by molar-refractivity contribution is 6.76. The van der Waals surface area contributed by atoms with Crippen LogP contribution in [-0.2, 0) is 27.4 Å². The molecule has 0 aromatic heterocycles. The van der Waals surface area contributed by atoms with Crippen LogP contribution in [0, 0.1) is 0 Å². The molecule has 0 bridgehead atoms. The van der Waals surface area contributed by atoms with E-state index in [0.717, 1.165) is 33.4 Å². The number of amides is 1. The first-order valence-corrected chi connectivity index (χ1v) is 17.4. The van der Waals surface area contributed by atoms with Crippen molar-refractivity contribution in [1.29, 1.82) is 0 Å². The van der Waals surface area contributed by atoms with Crippen LogP contribution >= 0.6 is 34.8 Å². The minimum absolute atomic E-state index is 0.00904. The predicted molar refractivity (Wildman–Crippen MR) is 197 cm³/mol. The number of carbonyl (C=O) groups is 1. The van der Waals surface area contributed by atoms with E-state index in [-0.39, 0.29) is 31.4 Å². The normalized spacial score (nSPS) is 18.8. The van der Waals surface area contributed by atoms with E-state index in [9.17, 15) is 9.90 Å². The van der Waals surface area contributed by atoms with Crippen molar-refractivity contribution in [3.63, 3.8) is 0 Å². The lowest BCUT2D eigenvalue weighted by Gasteiger charge is -2.39. The van der Waals surface area contributed by atoms with Crippen molar-refractivity contribution in [3.8, 4) is 11.1 Å². The number of fused-ring (bicyclic) bond motifs is 1.